The minimum absolute atomic E-state index is 0.0276. The lowest BCUT2D eigenvalue weighted by molar-refractivity contribution is -0.136. The molecule has 3 rings (SSSR count). The SMILES string of the molecule is Cc1ccc(-c2nc3sccn3c2CC(=O)O)cc1C. The maximum absolute atomic E-state index is 11.1. The van der Waals surface area contributed by atoms with Gasteiger partial charge in [-0.15, -0.1) is 11.3 Å². The summed E-state index contributed by atoms with van der Waals surface area (Å²) in [6, 6.07) is 6.11. The van der Waals surface area contributed by atoms with Crippen molar-refractivity contribution in [1.29, 1.82) is 0 Å². The fourth-order valence-electron chi connectivity index (χ4n) is 2.26. The second-order valence-corrected chi connectivity index (χ2v) is 5.71. The Morgan fingerprint density at radius 1 is 1.35 bits per heavy atom. The summed E-state index contributed by atoms with van der Waals surface area (Å²) in [5.74, 6) is -0.844. The molecule has 0 unspecified atom stereocenters. The Bertz CT molecular complexity index is 801. The smallest absolute Gasteiger partial charge is 0.309 e. The van der Waals surface area contributed by atoms with Gasteiger partial charge in [-0.1, -0.05) is 12.1 Å². The number of aromatic nitrogens is 2. The predicted octanol–water partition coefficient (Wildman–Crippen LogP) is 3.31. The van der Waals surface area contributed by atoms with Gasteiger partial charge in [-0.25, -0.2) is 4.98 Å². The number of imidazole rings is 1. The van der Waals surface area contributed by atoms with Crippen LogP contribution in [0.2, 0.25) is 0 Å². The zero-order chi connectivity index (χ0) is 14.3. The summed E-state index contributed by atoms with van der Waals surface area (Å²) in [6.45, 7) is 4.11. The molecule has 5 heteroatoms. The Morgan fingerprint density at radius 3 is 2.85 bits per heavy atom. The minimum atomic E-state index is -0.844. The number of aryl methyl sites for hydroxylation is 2. The highest BCUT2D eigenvalue weighted by atomic mass is 32.1. The van der Waals surface area contributed by atoms with Crippen molar-refractivity contribution >= 4 is 22.3 Å². The molecule has 0 aliphatic carbocycles. The number of carboxylic acid groups (broad SMARTS) is 1. The summed E-state index contributed by atoms with van der Waals surface area (Å²) in [6.07, 6.45) is 1.84. The highest BCUT2D eigenvalue weighted by Crippen LogP contribution is 2.28. The number of carbonyl (C=O) groups is 1. The van der Waals surface area contributed by atoms with Crippen molar-refractivity contribution in [2.45, 2.75) is 20.3 Å². The van der Waals surface area contributed by atoms with Gasteiger partial charge in [0, 0.05) is 17.1 Å². The van der Waals surface area contributed by atoms with Gasteiger partial charge in [-0.05, 0) is 31.0 Å². The molecule has 0 bridgehead atoms. The molecule has 0 aliphatic heterocycles. The van der Waals surface area contributed by atoms with Crippen LogP contribution in [0.25, 0.3) is 16.2 Å². The summed E-state index contributed by atoms with van der Waals surface area (Å²) in [5, 5.41) is 11.0. The molecule has 0 atom stereocenters. The molecule has 4 nitrogen and oxygen atoms in total. The molecule has 3 aromatic rings. The third-order valence-corrected chi connectivity index (χ3v) is 4.22. The minimum Gasteiger partial charge on any atom is -0.481 e. The fourth-order valence-corrected chi connectivity index (χ4v) is 3.00. The van der Waals surface area contributed by atoms with Crippen LogP contribution in [-0.2, 0) is 11.2 Å². The molecule has 0 saturated heterocycles. The molecular formula is C15H14N2O2S. The van der Waals surface area contributed by atoms with Crippen LogP contribution < -0.4 is 0 Å². The molecule has 0 fully saturated rings. The average Bonchev–Trinajstić information content (AvgIpc) is 2.95. The first kappa shape index (κ1) is 12.9. The van der Waals surface area contributed by atoms with Crippen LogP contribution in [0.4, 0.5) is 0 Å². The normalized spacial score (nSPS) is 11.1. The van der Waals surface area contributed by atoms with E-state index in [1.807, 2.05) is 35.0 Å². The first-order valence-electron chi connectivity index (χ1n) is 6.30. The Balaban J connectivity index is 2.21. The topological polar surface area (TPSA) is 54.6 Å². The predicted molar refractivity (Wildman–Crippen MR) is 79.3 cm³/mol. The number of thiazole rings is 1. The van der Waals surface area contributed by atoms with E-state index in [2.05, 4.69) is 18.0 Å². The van der Waals surface area contributed by atoms with E-state index in [1.54, 1.807) is 0 Å². The first-order valence-corrected chi connectivity index (χ1v) is 7.18. The summed E-state index contributed by atoms with van der Waals surface area (Å²) in [5.41, 5.74) is 4.87. The van der Waals surface area contributed by atoms with E-state index in [4.69, 9.17) is 5.11 Å². The molecule has 102 valence electrons. The fraction of sp³-hybridized carbons (Fsp3) is 0.200. The van der Waals surface area contributed by atoms with E-state index in [9.17, 15) is 4.79 Å². The lowest BCUT2D eigenvalue weighted by Gasteiger charge is -2.05. The van der Waals surface area contributed by atoms with E-state index < -0.39 is 5.97 Å². The van der Waals surface area contributed by atoms with Crippen molar-refractivity contribution in [1.82, 2.24) is 9.38 Å². The summed E-state index contributed by atoms with van der Waals surface area (Å²) in [4.78, 5) is 16.5. The third kappa shape index (κ3) is 2.10. The molecule has 1 N–H and O–H groups in total. The third-order valence-electron chi connectivity index (χ3n) is 3.46. The molecule has 0 saturated carbocycles. The Morgan fingerprint density at radius 2 is 2.15 bits per heavy atom. The number of rotatable bonds is 3. The Hall–Kier alpha value is -2.14. The number of fused-ring (bicyclic) bond motifs is 1. The van der Waals surface area contributed by atoms with Crippen molar-refractivity contribution < 1.29 is 9.90 Å². The largest absolute Gasteiger partial charge is 0.481 e. The second-order valence-electron chi connectivity index (χ2n) is 4.83. The van der Waals surface area contributed by atoms with Crippen LogP contribution in [0.3, 0.4) is 0 Å². The van der Waals surface area contributed by atoms with Gasteiger partial charge >= 0.3 is 5.97 Å². The van der Waals surface area contributed by atoms with Crippen molar-refractivity contribution in [3.63, 3.8) is 0 Å². The molecule has 0 aliphatic rings. The molecule has 1 aromatic carbocycles. The number of hydrogen-bond donors (Lipinski definition) is 1. The molecule has 0 radical (unpaired) electrons. The van der Waals surface area contributed by atoms with Gasteiger partial charge < -0.3 is 5.11 Å². The Kier molecular flexibility index (Phi) is 3.06. The van der Waals surface area contributed by atoms with Crippen LogP contribution in [0.15, 0.2) is 29.8 Å². The molecular weight excluding hydrogens is 272 g/mol. The Labute approximate surface area is 120 Å². The van der Waals surface area contributed by atoms with Crippen LogP contribution >= 0.6 is 11.3 Å². The maximum Gasteiger partial charge on any atom is 0.309 e. The van der Waals surface area contributed by atoms with Crippen LogP contribution in [0.5, 0.6) is 0 Å². The summed E-state index contributed by atoms with van der Waals surface area (Å²) < 4.78 is 1.86. The number of carboxylic acids is 1. The van der Waals surface area contributed by atoms with Gasteiger partial charge in [0.05, 0.1) is 17.8 Å². The van der Waals surface area contributed by atoms with Crippen molar-refractivity contribution in [2.24, 2.45) is 0 Å². The lowest BCUT2D eigenvalue weighted by Crippen LogP contribution is -2.04. The van der Waals surface area contributed by atoms with Crippen LogP contribution in [0, 0.1) is 13.8 Å². The molecule has 20 heavy (non-hydrogen) atoms. The summed E-state index contributed by atoms with van der Waals surface area (Å²) in [7, 11) is 0. The average molecular weight is 286 g/mol. The molecule has 0 amide bonds. The van der Waals surface area contributed by atoms with E-state index in [0.717, 1.165) is 21.9 Å². The lowest BCUT2D eigenvalue weighted by atomic mass is 10.0. The number of benzene rings is 1. The molecule has 2 heterocycles. The maximum atomic E-state index is 11.1. The highest BCUT2D eigenvalue weighted by molar-refractivity contribution is 7.15. The standard InChI is InChI=1S/C15H14N2O2S/c1-9-3-4-11(7-10(9)2)14-12(8-13(18)19)17-5-6-20-15(17)16-14/h3-7H,8H2,1-2H3,(H,18,19). The van der Waals surface area contributed by atoms with Gasteiger partial charge in [0.15, 0.2) is 4.96 Å². The zero-order valence-corrected chi connectivity index (χ0v) is 12.1. The number of nitrogens with zero attached hydrogens (tertiary/aromatic N) is 2. The van der Waals surface area contributed by atoms with Crippen molar-refractivity contribution in [2.75, 3.05) is 0 Å². The number of aliphatic carboxylic acids is 1. The molecule has 0 spiro atoms. The van der Waals surface area contributed by atoms with E-state index in [-0.39, 0.29) is 6.42 Å². The first-order chi connectivity index (χ1) is 9.56. The molecule has 2 aromatic heterocycles. The monoisotopic (exact) mass is 286 g/mol. The number of hydrogen-bond acceptors (Lipinski definition) is 3. The van der Waals surface area contributed by atoms with Gasteiger partial charge in [-0.3, -0.25) is 9.20 Å². The quantitative estimate of drug-likeness (QED) is 0.803. The summed E-state index contributed by atoms with van der Waals surface area (Å²) >= 11 is 1.51. The van der Waals surface area contributed by atoms with Crippen molar-refractivity contribution in [3.8, 4) is 11.3 Å². The van der Waals surface area contributed by atoms with Crippen molar-refractivity contribution in [3.05, 3.63) is 46.6 Å². The van der Waals surface area contributed by atoms with Gasteiger partial charge in [0.2, 0.25) is 0 Å². The van der Waals surface area contributed by atoms with E-state index in [1.165, 1.54) is 22.5 Å². The highest BCUT2D eigenvalue weighted by Gasteiger charge is 2.17. The van der Waals surface area contributed by atoms with Gasteiger partial charge in [0.25, 0.3) is 0 Å². The second kappa shape index (κ2) is 4.76. The van der Waals surface area contributed by atoms with E-state index >= 15 is 0 Å². The van der Waals surface area contributed by atoms with Crippen LogP contribution in [0.1, 0.15) is 16.8 Å². The van der Waals surface area contributed by atoms with Gasteiger partial charge in [-0.2, -0.15) is 0 Å². The van der Waals surface area contributed by atoms with E-state index in [0.29, 0.717) is 0 Å². The van der Waals surface area contributed by atoms with Crippen LogP contribution in [-0.4, -0.2) is 20.5 Å². The van der Waals surface area contributed by atoms with Gasteiger partial charge in [0.1, 0.15) is 0 Å². The zero-order valence-electron chi connectivity index (χ0n) is 11.3.